The Hall–Kier alpha value is -3.80. The fraction of sp³-hybridized carbons (Fsp3) is 0. The summed E-state index contributed by atoms with van der Waals surface area (Å²) in [7, 11) is 0. The molecule has 6 nitrogen and oxygen atoms in total. The lowest BCUT2D eigenvalue weighted by atomic mass is 10.1. The molecule has 122 valence electrons. The molecule has 0 radical (unpaired) electrons. The number of hydrogen-bond donors (Lipinski definition) is 0. The molecule has 0 spiro atoms. The number of nitrogens with zero attached hydrogens (tertiary/aromatic N) is 4. The Morgan fingerprint density at radius 3 is 2.50 bits per heavy atom. The zero-order chi connectivity index (χ0) is 17.1. The summed E-state index contributed by atoms with van der Waals surface area (Å²) in [6.45, 7) is 0. The highest BCUT2D eigenvalue weighted by Gasteiger charge is 2.13. The summed E-state index contributed by atoms with van der Waals surface area (Å²) in [4.78, 5) is 17.7. The molecule has 0 aliphatic carbocycles. The summed E-state index contributed by atoms with van der Waals surface area (Å²) >= 11 is 0. The average molecular weight is 338 g/mol. The predicted molar refractivity (Wildman–Crippen MR) is 97.6 cm³/mol. The molecule has 0 amide bonds. The van der Waals surface area contributed by atoms with Gasteiger partial charge in [-0.3, -0.25) is 9.97 Å². The molecule has 0 fully saturated rings. The van der Waals surface area contributed by atoms with E-state index in [-0.39, 0.29) is 0 Å². The van der Waals surface area contributed by atoms with Crippen molar-refractivity contribution in [3.05, 3.63) is 61.2 Å². The molecule has 6 heterocycles. The number of fused-ring (bicyclic) bond motifs is 6. The lowest BCUT2D eigenvalue weighted by Gasteiger charge is -2.00. The van der Waals surface area contributed by atoms with Crippen molar-refractivity contribution >= 4 is 44.3 Å². The van der Waals surface area contributed by atoms with Crippen LogP contribution in [-0.4, -0.2) is 19.9 Å². The van der Waals surface area contributed by atoms with Crippen LogP contribution in [-0.2, 0) is 0 Å². The second-order valence-corrected chi connectivity index (χ2v) is 6.05. The van der Waals surface area contributed by atoms with Crippen molar-refractivity contribution in [2.75, 3.05) is 0 Å². The summed E-state index contributed by atoms with van der Waals surface area (Å²) in [5.74, 6) is 0. The van der Waals surface area contributed by atoms with Gasteiger partial charge in [0.05, 0.1) is 11.1 Å². The van der Waals surface area contributed by atoms with Gasteiger partial charge in [0, 0.05) is 47.2 Å². The molecule has 0 unspecified atom stereocenters. The molecule has 6 aromatic heterocycles. The minimum atomic E-state index is 0.566. The molecule has 6 heteroatoms. The number of rotatable bonds is 1. The normalized spacial score (nSPS) is 11.8. The molecule has 6 aromatic rings. The van der Waals surface area contributed by atoms with Crippen LogP contribution in [0.25, 0.3) is 55.5 Å². The first-order valence-corrected chi connectivity index (χ1v) is 8.14. The highest BCUT2D eigenvalue weighted by atomic mass is 16.3. The first-order chi connectivity index (χ1) is 12.9. The Labute approximate surface area is 146 Å². The van der Waals surface area contributed by atoms with Crippen LogP contribution >= 0.6 is 0 Å². The maximum absolute atomic E-state index is 5.85. The first-order valence-electron chi connectivity index (χ1n) is 8.14. The third-order valence-corrected chi connectivity index (χ3v) is 4.51. The minimum Gasteiger partial charge on any atom is -0.438 e. The van der Waals surface area contributed by atoms with Crippen molar-refractivity contribution in [1.29, 1.82) is 0 Å². The van der Waals surface area contributed by atoms with E-state index in [4.69, 9.17) is 8.83 Å². The topological polar surface area (TPSA) is 77.8 Å². The van der Waals surface area contributed by atoms with E-state index < -0.39 is 0 Å². The first kappa shape index (κ1) is 13.5. The Morgan fingerprint density at radius 2 is 1.50 bits per heavy atom. The van der Waals surface area contributed by atoms with Crippen molar-refractivity contribution in [3.63, 3.8) is 0 Å². The van der Waals surface area contributed by atoms with Crippen LogP contribution in [0.2, 0.25) is 0 Å². The molecule has 0 atom stereocenters. The Morgan fingerprint density at radius 1 is 0.654 bits per heavy atom. The molecule has 0 N–H and O–H groups in total. The molecule has 0 aliphatic heterocycles. The molecule has 6 rings (SSSR count). The van der Waals surface area contributed by atoms with Crippen LogP contribution in [0.15, 0.2) is 70.0 Å². The largest absolute Gasteiger partial charge is 0.438 e. The predicted octanol–water partition coefficient (Wildman–Crippen LogP) is 4.73. The van der Waals surface area contributed by atoms with Gasteiger partial charge in [-0.15, -0.1) is 0 Å². The van der Waals surface area contributed by atoms with Gasteiger partial charge in [0.25, 0.3) is 0 Å². The van der Waals surface area contributed by atoms with Crippen molar-refractivity contribution in [1.82, 2.24) is 19.9 Å². The minimum absolute atomic E-state index is 0.566. The van der Waals surface area contributed by atoms with E-state index in [0.29, 0.717) is 11.4 Å². The molecule has 26 heavy (non-hydrogen) atoms. The van der Waals surface area contributed by atoms with E-state index in [2.05, 4.69) is 19.9 Å². The highest BCUT2D eigenvalue weighted by Crippen LogP contribution is 2.32. The molecule has 0 bridgehead atoms. The highest BCUT2D eigenvalue weighted by molar-refractivity contribution is 6.04. The summed E-state index contributed by atoms with van der Waals surface area (Å²) in [6.07, 6.45) is 7.03. The summed E-state index contributed by atoms with van der Waals surface area (Å²) in [6, 6.07) is 11.5. The second-order valence-electron chi connectivity index (χ2n) is 6.05. The van der Waals surface area contributed by atoms with E-state index in [0.717, 1.165) is 44.1 Å². The van der Waals surface area contributed by atoms with Gasteiger partial charge in [-0.2, -0.15) is 0 Å². The zero-order valence-corrected chi connectivity index (χ0v) is 13.4. The standard InChI is InChI=1S/C20H10N4O2/c1-3-12-14-10-23-15(8-17(14)26-19(12)22-6-1)11-7-13-18-16(4-2-5-21-18)25-20(13)24-9-11/h1-10H. The maximum Gasteiger partial charge on any atom is 0.228 e. The van der Waals surface area contributed by atoms with Crippen LogP contribution in [0, 0.1) is 0 Å². The molecular weight excluding hydrogens is 328 g/mol. The van der Waals surface area contributed by atoms with Crippen LogP contribution < -0.4 is 0 Å². The SMILES string of the molecule is c1cnc2c(c1)oc1ncc(-c3cc4oc5ncccc5c4cn3)cc12. The number of aromatic nitrogens is 4. The van der Waals surface area contributed by atoms with Gasteiger partial charge in [-0.25, -0.2) is 9.97 Å². The van der Waals surface area contributed by atoms with Crippen molar-refractivity contribution in [2.24, 2.45) is 0 Å². The molecular formula is C20H10N4O2. The quantitative estimate of drug-likeness (QED) is 0.431. The van der Waals surface area contributed by atoms with Gasteiger partial charge in [-0.05, 0) is 30.3 Å². The van der Waals surface area contributed by atoms with E-state index in [1.807, 2.05) is 42.6 Å². The number of pyridine rings is 4. The van der Waals surface area contributed by atoms with Gasteiger partial charge in [0.1, 0.15) is 11.1 Å². The average Bonchev–Trinajstić information content (AvgIpc) is 3.25. The summed E-state index contributed by atoms with van der Waals surface area (Å²) in [5.41, 5.74) is 5.10. The third-order valence-electron chi connectivity index (χ3n) is 4.51. The maximum atomic E-state index is 5.85. The lowest BCUT2D eigenvalue weighted by Crippen LogP contribution is -1.85. The van der Waals surface area contributed by atoms with Gasteiger partial charge >= 0.3 is 0 Å². The summed E-state index contributed by atoms with van der Waals surface area (Å²) in [5, 5.41) is 2.77. The molecule has 0 saturated heterocycles. The van der Waals surface area contributed by atoms with Crippen molar-refractivity contribution < 1.29 is 8.83 Å². The Bertz CT molecular complexity index is 1450. The number of furan rings is 2. The molecule has 0 aliphatic rings. The number of hydrogen-bond acceptors (Lipinski definition) is 6. The van der Waals surface area contributed by atoms with Crippen LogP contribution in [0.1, 0.15) is 0 Å². The molecule has 0 aromatic carbocycles. The fourth-order valence-corrected chi connectivity index (χ4v) is 3.29. The van der Waals surface area contributed by atoms with Crippen LogP contribution in [0.3, 0.4) is 0 Å². The van der Waals surface area contributed by atoms with E-state index in [1.54, 1.807) is 18.6 Å². The Balaban J connectivity index is 1.59. The Kier molecular flexibility index (Phi) is 2.52. The lowest BCUT2D eigenvalue weighted by molar-refractivity contribution is 0.653. The van der Waals surface area contributed by atoms with Gasteiger partial charge < -0.3 is 8.83 Å². The van der Waals surface area contributed by atoms with E-state index >= 15 is 0 Å². The molecule has 0 saturated carbocycles. The smallest absolute Gasteiger partial charge is 0.228 e. The fourth-order valence-electron chi connectivity index (χ4n) is 3.29. The van der Waals surface area contributed by atoms with Gasteiger partial charge in [0.15, 0.2) is 5.58 Å². The van der Waals surface area contributed by atoms with Gasteiger partial charge in [0.2, 0.25) is 11.4 Å². The van der Waals surface area contributed by atoms with Gasteiger partial charge in [-0.1, -0.05) is 0 Å². The van der Waals surface area contributed by atoms with E-state index in [1.165, 1.54) is 0 Å². The van der Waals surface area contributed by atoms with Crippen LogP contribution in [0.5, 0.6) is 0 Å². The van der Waals surface area contributed by atoms with Crippen molar-refractivity contribution in [2.45, 2.75) is 0 Å². The van der Waals surface area contributed by atoms with Crippen molar-refractivity contribution in [3.8, 4) is 11.3 Å². The zero-order valence-electron chi connectivity index (χ0n) is 13.4. The monoisotopic (exact) mass is 338 g/mol. The third kappa shape index (κ3) is 1.81. The van der Waals surface area contributed by atoms with E-state index in [9.17, 15) is 0 Å². The van der Waals surface area contributed by atoms with Crippen LogP contribution in [0.4, 0.5) is 0 Å². The summed E-state index contributed by atoms with van der Waals surface area (Å²) < 4.78 is 11.6. The second kappa shape index (κ2) is 4.86.